The Morgan fingerprint density at radius 1 is 0.640 bits per heavy atom. The topological polar surface area (TPSA) is 12.9 Å². The standard InChI is InChI=1S/C24H21N/c1-16-7-6-8-17(2)23(16)19-11-13-20(14-12-19)24-22-10-5-4-9-21(22)15-18(3)25-24/h4-15H,1-3H3. The zero-order valence-corrected chi connectivity index (χ0v) is 14.9. The number of fused-ring (bicyclic) bond motifs is 1. The highest BCUT2D eigenvalue weighted by atomic mass is 14.7. The third kappa shape index (κ3) is 2.83. The molecule has 4 aromatic rings. The van der Waals surface area contributed by atoms with Crippen molar-refractivity contribution in [3.05, 3.63) is 89.6 Å². The highest BCUT2D eigenvalue weighted by Gasteiger charge is 2.09. The van der Waals surface area contributed by atoms with Crippen LogP contribution in [0.25, 0.3) is 33.2 Å². The first-order valence-corrected chi connectivity index (χ1v) is 8.67. The lowest BCUT2D eigenvalue weighted by atomic mass is 9.94. The molecule has 0 aliphatic heterocycles. The first-order valence-electron chi connectivity index (χ1n) is 8.67. The molecule has 0 saturated carbocycles. The zero-order valence-electron chi connectivity index (χ0n) is 14.9. The first kappa shape index (κ1) is 15.6. The van der Waals surface area contributed by atoms with Gasteiger partial charge in [-0.05, 0) is 54.5 Å². The Kier molecular flexibility index (Phi) is 3.85. The maximum atomic E-state index is 4.81. The van der Waals surface area contributed by atoms with E-state index in [0.717, 1.165) is 17.0 Å². The molecule has 1 nitrogen and oxygen atoms in total. The Labute approximate surface area is 149 Å². The monoisotopic (exact) mass is 323 g/mol. The number of rotatable bonds is 2. The molecule has 0 fully saturated rings. The van der Waals surface area contributed by atoms with Gasteiger partial charge in [0.15, 0.2) is 0 Å². The van der Waals surface area contributed by atoms with E-state index in [1.165, 1.54) is 33.0 Å². The highest BCUT2D eigenvalue weighted by molar-refractivity contribution is 5.95. The van der Waals surface area contributed by atoms with Crippen LogP contribution in [0.1, 0.15) is 16.8 Å². The fourth-order valence-corrected chi connectivity index (χ4v) is 3.62. The Balaban J connectivity index is 1.84. The molecular formula is C24H21N. The summed E-state index contributed by atoms with van der Waals surface area (Å²) in [7, 11) is 0. The van der Waals surface area contributed by atoms with Gasteiger partial charge in [0.25, 0.3) is 0 Å². The number of nitrogens with zero attached hydrogens (tertiary/aromatic N) is 1. The lowest BCUT2D eigenvalue weighted by Crippen LogP contribution is -1.91. The van der Waals surface area contributed by atoms with Crippen LogP contribution in [0.5, 0.6) is 0 Å². The van der Waals surface area contributed by atoms with Crippen LogP contribution in [0.15, 0.2) is 72.8 Å². The largest absolute Gasteiger partial charge is 0.252 e. The molecule has 0 amide bonds. The molecule has 0 unspecified atom stereocenters. The molecule has 0 atom stereocenters. The fraction of sp³-hybridized carbons (Fsp3) is 0.125. The lowest BCUT2D eigenvalue weighted by molar-refractivity contribution is 1.23. The molecule has 1 heterocycles. The number of hydrogen-bond acceptors (Lipinski definition) is 1. The molecule has 122 valence electrons. The van der Waals surface area contributed by atoms with E-state index < -0.39 is 0 Å². The van der Waals surface area contributed by atoms with Crippen LogP contribution in [0.2, 0.25) is 0 Å². The van der Waals surface area contributed by atoms with Crippen molar-refractivity contribution >= 4 is 10.8 Å². The molecule has 0 aliphatic carbocycles. The number of aryl methyl sites for hydroxylation is 3. The van der Waals surface area contributed by atoms with E-state index in [9.17, 15) is 0 Å². The van der Waals surface area contributed by atoms with Crippen molar-refractivity contribution in [2.24, 2.45) is 0 Å². The molecule has 0 N–H and O–H groups in total. The summed E-state index contributed by atoms with van der Waals surface area (Å²) >= 11 is 0. The minimum absolute atomic E-state index is 1.05. The average Bonchev–Trinajstić information content (AvgIpc) is 2.61. The van der Waals surface area contributed by atoms with E-state index in [4.69, 9.17) is 4.98 Å². The maximum Gasteiger partial charge on any atom is 0.0783 e. The van der Waals surface area contributed by atoms with Crippen LogP contribution in [0.3, 0.4) is 0 Å². The summed E-state index contributed by atoms with van der Waals surface area (Å²) in [6.07, 6.45) is 0. The lowest BCUT2D eigenvalue weighted by Gasteiger charge is -2.12. The summed E-state index contributed by atoms with van der Waals surface area (Å²) < 4.78 is 0. The van der Waals surface area contributed by atoms with Gasteiger partial charge in [-0.2, -0.15) is 0 Å². The van der Waals surface area contributed by atoms with E-state index in [1.807, 2.05) is 0 Å². The van der Waals surface area contributed by atoms with E-state index >= 15 is 0 Å². The Bertz CT molecular complexity index is 1040. The van der Waals surface area contributed by atoms with Gasteiger partial charge in [0, 0.05) is 16.6 Å². The van der Waals surface area contributed by atoms with Crippen LogP contribution < -0.4 is 0 Å². The number of aromatic nitrogens is 1. The Morgan fingerprint density at radius 3 is 2.00 bits per heavy atom. The SMILES string of the molecule is Cc1cc2ccccc2c(-c2ccc(-c3c(C)cccc3C)cc2)n1. The minimum Gasteiger partial charge on any atom is -0.252 e. The quantitative estimate of drug-likeness (QED) is 0.410. The smallest absolute Gasteiger partial charge is 0.0783 e. The molecule has 0 spiro atoms. The third-order valence-electron chi connectivity index (χ3n) is 4.80. The molecule has 3 aromatic carbocycles. The van der Waals surface area contributed by atoms with Crippen molar-refractivity contribution < 1.29 is 0 Å². The minimum atomic E-state index is 1.05. The summed E-state index contributed by atoms with van der Waals surface area (Å²) in [5.41, 5.74) is 8.48. The Morgan fingerprint density at radius 2 is 1.28 bits per heavy atom. The summed E-state index contributed by atoms with van der Waals surface area (Å²) in [5.74, 6) is 0. The van der Waals surface area contributed by atoms with Crippen molar-refractivity contribution in [3.63, 3.8) is 0 Å². The van der Waals surface area contributed by atoms with E-state index in [-0.39, 0.29) is 0 Å². The average molecular weight is 323 g/mol. The van der Waals surface area contributed by atoms with E-state index in [1.54, 1.807) is 0 Å². The molecule has 1 aromatic heterocycles. The fourth-order valence-electron chi connectivity index (χ4n) is 3.62. The van der Waals surface area contributed by atoms with Crippen LogP contribution in [-0.2, 0) is 0 Å². The molecular weight excluding hydrogens is 302 g/mol. The summed E-state index contributed by atoms with van der Waals surface area (Å²) in [5, 5.41) is 2.44. The third-order valence-corrected chi connectivity index (χ3v) is 4.80. The van der Waals surface area contributed by atoms with Crippen molar-refractivity contribution in [1.82, 2.24) is 4.98 Å². The van der Waals surface area contributed by atoms with Crippen molar-refractivity contribution in [3.8, 4) is 22.4 Å². The normalized spacial score (nSPS) is 11.0. The predicted octanol–water partition coefficient (Wildman–Crippen LogP) is 6.49. The molecule has 4 rings (SSSR count). The molecule has 1 heteroatoms. The van der Waals surface area contributed by atoms with E-state index in [2.05, 4.69) is 93.6 Å². The molecule has 25 heavy (non-hydrogen) atoms. The van der Waals surface area contributed by atoms with Gasteiger partial charge in [-0.15, -0.1) is 0 Å². The number of pyridine rings is 1. The predicted molar refractivity (Wildman–Crippen MR) is 107 cm³/mol. The molecule has 0 bridgehead atoms. The first-order chi connectivity index (χ1) is 12.1. The van der Waals surface area contributed by atoms with Crippen molar-refractivity contribution in [2.45, 2.75) is 20.8 Å². The molecule has 0 radical (unpaired) electrons. The van der Waals surface area contributed by atoms with Gasteiger partial charge in [0.05, 0.1) is 5.69 Å². The van der Waals surface area contributed by atoms with Gasteiger partial charge in [-0.3, -0.25) is 4.98 Å². The van der Waals surface area contributed by atoms with Crippen molar-refractivity contribution in [1.29, 1.82) is 0 Å². The van der Waals surface area contributed by atoms with E-state index in [0.29, 0.717) is 0 Å². The highest BCUT2D eigenvalue weighted by Crippen LogP contribution is 2.31. The van der Waals surface area contributed by atoms with Crippen LogP contribution in [-0.4, -0.2) is 4.98 Å². The van der Waals surface area contributed by atoms with Gasteiger partial charge < -0.3 is 0 Å². The summed E-state index contributed by atoms with van der Waals surface area (Å²) in [4.78, 5) is 4.81. The van der Waals surface area contributed by atoms with Gasteiger partial charge in [-0.25, -0.2) is 0 Å². The second-order valence-electron chi connectivity index (χ2n) is 6.68. The zero-order chi connectivity index (χ0) is 17.4. The van der Waals surface area contributed by atoms with Crippen molar-refractivity contribution in [2.75, 3.05) is 0 Å². The van der Waals surface area contributed by atoms with Gasteiger partial charge in [-0.1, -0.05) is 66.7 Å². The van der Waals surface area contributed by atoms with Crippen LogP contribution in [0, 0.1) is 20.8 Å². The van der Waals surface area contributed by atoms with Gasteiger partial charge in [0.1, 0.15) is 0 Å². The van der Waals surface area contributed by atoms with Crippen LogP contribution >= 0.6 is 0 Å². The van der Waals surface area contributed by atoms with Crippen LogP contribution in [0.4, 0.5) is 0 Å². The second kappa shape index (κ2) is 6.18. The second-order valence-corrected chi connectivity index (χ2v) is 6.68. The number of hydrogen-bond donors (Lipinski definition) is 0. The van der Waals surface area contributed by atoms with Gasteiger partial charge in [0.2, 0.25) is 0 Å². The van der Waals surface area contributed by atoms with Gasteiger partial charge >= 0.3 is 0 Å². The number of benzene rings is 3. The Hall–Kier alpha value is -2.93. The summed E-state index contributed by atoms with van der Waals surface area (Å²) in [6.45, 7) is 6.40. The maximum absolute atomic E-state index is 4.81. The molecule has 0 saturated heterocycles. The molecule has 0 aliphatic rings. The summed E-state index contributed by atoms with van der Waals surface area (Å²) in [6, 6.07) is 25.9.